The molecule has 0 aromatic heterocycles. The van der Waals surface area contributed by atoms with Gasteiger partial charge in [0.15, 0.2) is 0 Å². The van der Waals surface area contributed by atoms with Crippen molar-refractivity contribution in [1.29, 1.82) is 0 Å². The van der Waals surface area contributed by atoms with Gasteiger partial charge in [0.25, 0.3) is 0 Å². The molecule has 0 aromatic rings. The number of hydrogen-bond acceptors (Lipinski definition) is 4. The van der Waals surface area contributed by atoms with Gasteiger partial charge < -0.3 is 10.2 Å². The van der Waals surface area contributed by atoms with Crippen LogP contribution in [0.25, 0.3) is 0 Å². The fraction of sp³-hybridized carbons (Fsp3) is 1.00. The van der Waals surface area contributed by atoms with Gasteiger partial charge >= 0.3 is 0 Å². The molecule has 0 aliphatic carbocycles. The van der Waals surface area contributed by atoms with Gasteiger partial charge in [0.2, 0.25) is 10.0 Å². The van der Waals surface area contributed by atoms with Crippen molar-refractivity contribution in [3.63, 3.8) is 0 Å². The Hall–Kier alpha value is -0.170. The third kappa shape index (κ3) is 6.52. The molecule has 1 atom stereocenters. The van der Waals surface area contributed by atoms with Crippen molar-refractivity contribution >= 4 is 10.0 Å². The van der Waals surface area contributed by atoms with Crippen LogP contribution >= 0.6 is 0 Å². The molecule has 5 nitrogen and oxygen atoms in total. The van der Waals surface area contributed by atoms with E-state index in [-0.39, 0.29) is 0 Å². The quantitative estimate of drug-likeness (QED) is 0.645. The van der Waals surface area contributed by atoms with Crippen molar-refractivity contribution in [2.75, 3.05) is 52.1 Å². The molecule has 1 unspecified atom stereocenters. The number of rotatable bonds is 9. The molecule has 0 aromatic carbocycles. The summed E-state index contributed by atoms with van der Waals surface area (Å²) in [7, 11) is -3.02. The number of piperidine rings is 1. The van der Waals surface area contributed by atoms with E-state index >= 15 is 0 Å². The molecule has 120 valence electrons. The molecule has 0 spiro atoms. The number of hydrogen-bond donors (Lipinski definition) is 1. The second kappa shape index (κ2) is 8.97. The smallest absolute Gasteiger partial charge is 0.211 e. The Kier molecular flexibility index (Phi) is 8.02. The molecule has 1 rings (SSSR count). The van der Waals surface area contributed by atoms with E-state index in [2.05, 4.69) is 24.1 Å². The number of likely N-dealkylation sites (N-methyl/N-ethyl adjacent to an activating group) is 1. The number of sulfonamides is 1. The summed E-state index contributed by atoms with van der Waals surface area (Å²) in [5.41, 5.74) is 0. The van der Waals surface area contributed by atoms with Crippen molar-refractivity contribution in [2.45, 2.75) is 33.1 Å². The Morgan fingerprint density at radius 3 is 2.65 bits per heavy atom. The molecule has 1 saturated heterocycles. The van der Waals surface area contributed by atoms with Crippen molar-refractivity contribution in [3.8, 4) is 0 Å². The van der Waals surface area contributed by atoms with Gasteiger partial charge in [-0.15, -0.1) is 0 Å². The molecule has 20 heavy (non-hydrogen) atoms. The lowest BCUT2D eigenvalue weighted by Crippen LogP contribution is -2.43. The fourth-order valence-corrected chi connectivity index (χ4v) is 3.72. The summed E-state index contributed by atoms with van der Waals surface area (Å²) in [5.74, 6) is 0.458. The fourth-order valence-electron chi connectivity index (χ4n) is 2.78. The van der Waals surface area contributed by atoms with Crippen LogP contribution in [0.2, 0.25) is 0 Å². The lowest BCUT2D eigenvalue weighted by atomic mass is 10.00. The van der Waals surface area contributed by atoms with Crippen LogP contribution in [0.4, 0.5) is 0 Å². The van der Waals surface area contributed by atoms with Crippen LogP contribution in [0.1, 0.15) is 33.1 Å². The van der Waals surface area contributed by atoms with Crippen LogP contribution < -0.4 is 5.32 Å². The van der Waals surface area contributed by atoms with E-state index in [1.807, 2.05) is 0 Å². The summed E-state index contributed by atoms with van der Waals surface area (Å²) < 4.78 is 24.7. The van der Waals surface area contributed by atoms with Gasteiger partial charge in [-0.05, 0) is 44.8 Å². The highest BCUT2D eigenvalue weighted by atomic mass is 32.2. The molecule has 1 heterocycles. The molecule has 0 bridgehead atoms. The van der Waals surface area contributed by atoms with Crippen LogP contribution in [-0.2, 0) is 10.0 Å². The van der Waals surface area contributed by atoms with Crippen LogP contribution in [0, 0.1) is 5.92 Å². The van der Waals surface area contributed by atoms with Gasteiger partial charge in [0, 0.05) is 26.2 Å². The Bertz CT molecular complexity index is 359. The van der Waals surface area contributed by atoms with E-state index < -0.39 is 10.0 Å². The van der Waals surface area contributed by atoms with E-state index in [1.165, 1.54) is 12.7 Å². The monoisotopic (exact) mass is 305 g/mol. The maximum absolute atomic E-state index is 11.6. The summed E-state index contributed by atoms with van der Waals surface area (Å²) in [5, 5.41) is 3.49. The SMILES string of the molecule is CCCN(CC)CCNCC1CCCN(S(C)(=O)=O)C1. The van der Waals surface area contributed by atoms with Crippen LogP contribution in [0.15, 0.2) is 0 Å². The van der Waals surface area contributed by atoms with E-state index in [0.717, 1.165) is 45.6 Å². The van der Waals surface area contributed by atoms with Gasteiger partial charge in [-0.3, -0.25) is 0 Å². The van der Waals surface area contributed by atoms with E-state index in [9.17, 15) is 8.42 Å². The lowest BCUT2D eigenvalue weighted by molar-refractivity contribution is 0.250. The van der Waals surface area contributed by atoms with E-state index in [4.69, 9.17) is 0 Å². The summed E-state index contributed by atoms with van der Waals surface area (Å²) in [6, 6.07) is 0. The Balaban J connectivity index is 2.21. The van der Waals surface area contributed by atoms with Gasteiger partial charge in [-0.1, -0.05) is 13.8 Å². The highest BCUT2D eigenvalue weighted by molar-refractivity contribution is 7.88. The standard InChI is InChI=1S/C14H31N3O2S/c1-4-9-16(5-2)11-8-15-12-14-7-6-10-17(13-14)20(3,18)19/h14-15H,4-13H2,1-3H3. The van der Waals surface area contributed by atoms with E-state index in [1.54, 1.807) is 4.31 Å². The average molecular weight is 305 g/mol. The van der Waals surface area contributed by atoms with Gasteiger partial charge in [-0.25, -0.2) is 12.7 Å². The topological polar surface area (TPSA) is 52.6 Å². The third-order valence-corrected chi connectivity index (χ3v) is 5.25. The molecule has 1 N–H and O–H groups in total. The summed E-state index contributed by atoms with van der Waals surface area (Å²) in [6.45, 7) is 11.0. The molecule has 1 aliphatic rings. The minimum atomic E-state index is -3.02. The first-order valence-electron chi connectivity index (χ1n) is 7.85. The van der Waals surface area contributed by atoms with Crippen molar-refractivity contribution < 1.29 is 8.42 Å². The first-order valence-corrected chi connectivity index (χ1v) is 9.70. The van der Waals surface area contributed by atoms with Crippen LogP contribution in [0.5, 0.6) is 0 Å². The third-order valence-electron chi connectivity index (χ3n) is 3.98. The first kappa shape index (κ1) is 17.9. The Morgan fingerprint density at radius 1 is 1.30 bits per heavy atom. The molecule has 0 amide bonds. The van der Waals surface area contributed by atoms with Crippen molar-refractivity contribution in [2.24, 2.45) is 5.92 Å². The normalized spacial score (nSPS) is 21.5. The van der Waals surface area contributed by atoms with Crippen molar-refractivity contribution in [1.82, 2.24) is 14.5 Å². The zero-order valence-corrected chi connectivity index (χ0v) is 14.1. The summed E-state index contributed by atoms with van der Waals surface area (Å²) in [6.07, 6.45) is 4.62. The highest BCUT2D eigenvalue weighted by Crippen LogP contribution is 2.17. The summed E-state index contributed by atoms with van der Waals surface area (Å²) >= 11 is 0. The zero-order valence-electron chi connectivity index (χ0n) is 13.3. The molecule has 0 radical (unpaired) electrons. The largest absolute Gasteiger partial charge is 0.315 e. The highest BCUT2D eigenvalue weighted by Gasteiger charge is 2.25. The lowest BCUT2D eigenvalue weighted by Gasteiger charge is -2.31. The maximum atomic E-state index is 11.6. The Morgan fingerprint density at radius 2 is 2.05 bits per heavy atom. The molecule has 0 saturated carbocycles. The molecular formula is C14H31N3O2S. The van der Waals surface area contributed by atoms with Gasteiger partial charge in [-0.2, -0.15) is 0 Å². The minimum absolute atomic E-state index is 0.458. The number of nitrogens with zero attached hydrogens (tertiary/aromatic N) is 2. The van der Waals surface area contributed by atoms with Crippen LogP contribution in [-0.4, -0.2) is 69.7 Å². The van der Waals surface area contributed by atoms with Crippen molar-refractivity contribution in [3.05, 3.63) is 0 Å². The predicted molar refractivity (Wildman–Crippen MR) is 84.4 cm³/mol. The molecular weight excluding hydrogens is 274 g/mol. The molecule has 1 aliphatic heterocycles. The number of nitrogens with one attached hydrogen (secondary N) is 1. The van der Waals surface area contributed by atoms with Gasteiger partial charge in [0.1, 0.15) is 0 Å². The van der Waals surface area contributed by atoms with E-state index in [0.29, 0.717) is 19.0 Å². The molecule has 6 heteroatoms. The Labute approximate surface area is 124 Å². The zero-order chi connectivity index (χ0) is 15.0. The predicted octanol–water partition coefficient (Wildman–Crippen LogP) is 0.980. The van der Waals surface area contributed by atoms with Gasteiger partial charge in [0.05, 0.1) is 6.26 Å². The average Bonchev–Trinajstić information content (AvgIpc) is 2.41. The second-order valence-electron chi connectivity index (χ2n) is 5.77. The second-order valence-corrected chi connectivity index (χ2v) is 7.75. The first-order chi connectivity index (χ1) is 9.47. The van der Waals surface area contributed by atoms with Crippen LogP contribution in [0.3, 0.4) is 0 Å². The summed E-state index contributed by atoms with van der Waals surface area (Å²) in [4.78, 5) is 2.44. The maximum Gasteiger partial charge on any atom is 0.211 e. The minimum Gasteiger partial charge on any atom is -0.315 e. The molecule has 1 fully saturated rings.